The highest BCUT2D eigenvalue weighted by Gasteiger charge is 2.27. The number of alkyl halides is 2. The highest BCUT2D eigenvalue weighted by atomic mass is 19.3. The van der Waals surface area contributed by atoms with Crippen molar-refractivity contribution in [1.82, 2.24) is 5.32 Å². The van der Waals surface area contributed by atoms with E-state index in [1.807, 2.05) is 0 Å². The minimum Gasteiger partial charge on any atom is -0.435 e. The Morgan fingerprint density at radius 1 is 1.38 bits per heavy atom. The lowest BCUT2D eigenvalue weighted by Gasteiger charge is -2.19. The number of hydrogen-bond acceptors (Lipinski definition) is 3. The first-order valence-electron chi connectivity index (χ1n) is 7.12. The van der Waals surface area contributed by atoms with Gasteiger partial charge in [-0.25, -0.2) is 0 Å². The van der Waals surface area contributed by atoms with Gasteiger partial charge in [0.1, 0.15) is 5.75 Å². The molecule has 1 saturated carbocycles. The zero-order chi connectivity index (χ0) is 15.2. The van der Waals surface area contributed by atoms with Crippen LogP contribution in [0.5, 0.6) is 5.75 Å². The van der Waals surface area contributed by atoms with Gasteiger partial charge in [0.25, 0.3) is 0 Å². The zero-order valence-electron chi connectivity index (χ0n) is 11.7. The van der Waals surface area contributed by atoms with Crippen LogP contribution in [0.25, 0.3) is 0 Å². The molecule has 21 heavy (non-hydrogen) atoms. The van der Waals surface area contributed by atoms with Gasteiger partial charge in [0.15, 0.2) is 0 Å². The number of carbonyl (C=O) groups is 1. The van der Waals surface area contributed by atoms with Crippen molar-refractivity contribution in [2.75, 3.05) is 6.54 Å². The molecular formula is C15H20F2N2O2. The first-order valence-corrected chi connectivity index (χ1v) is 7.12. The summed E-state index contributed by atoms with van der Waals surface area (Å²) in [6.07, 6.45) is 3.02. The molecule has 6 heteroatoms. The van der Waals surface area contributed by atoms with Crippen LogP contribution in [0.4, 0.5) is 8.78 Å². The smallest absolute Gasteiger partial charge is 0.387 e. The van der Waals surface area contributed by atoms with Crippen LogP contribution in [0, 0.1) is 5.92 Å². The number of ether oxygens (including phenoxy) is 1. The fraction of sp³-hybridized carbons (Fsp3) is 0.533. The van der Waals surface area contributed by atoms with Gasteiger partial charge in [-0.05, 0) is 31.4 Å². The monoisotopic (exact) mass is 298 g/mol. The van der Waals surface area contributed by atoms with E-state index in [9.17, 15) is 13.6 Å². The van der Waals surface area contributed by atoms with Gasteiger partial charge in [0.05, 0.1) is 6.42 Å². The van der Waals surface area contributed by atoms with Crippen molar-refractivity contribution >= 4 is 5.91 Å². The summed E-state index contributed by atoms with van der Waals surface area (Å²) in [5, 5.41) is 2.95. The van der Waals surface area contributed by atoms with E-state index in [-0.39, 0.29) is 24.1 Å². The van der Waals surface area contributed by atoms with E-state index in [0.717, 1.165) is 19.3 Å². The Morgan fingerprint density at radius 2 is 2.14 bits per heavy atom. The molecule has 0 heterocycles. The van der Waals surface area contributed by atoms with Gasteiger partial charge in [-0.15, -0.1) is 0 Å². The first-order chi connectivity index (χ1) is 10.1. The first kappa shape index (κ1) is 15.7. The van der Waals surface area contributed by atoms with Crippen LogP contribution >= 0.6 is 0 Å². The average molecular weight is 298 g/mol. The van der Waals surface area contributed by atoms with Gasteiger partial charge in [-0.3, -0.25) is 4.79 Å². The molecule has 2 unspecified atom stereocenters. The molecule has 1 amide bonds. The molecule has 1 fully saturated rings. The topological polar surface area (TPSA) is 64.3 Å². The van der Waals surface area contributed by atoms with Crippen molar-refractivity contribution in [2.45, 2.75) is 38.3 Å². The van der Waals surface area contributed by atoms with Crippen LogP contribution in [0.2, 0.25) is 0 Å². The molecule has 1 aromatic rings. The number of hydrogen-bond donors (Lipinski definition) is 2. The lowest BCUT2D eigenvalue weighted by Crippen LogP contribution is -2.40. The Balaban J connectivity index is 1.96. The highest BCUT2D eigenvalue weighted by molar-refractivity contribution is 5.79. The summed E-state index contributed by atoms with van der Waals surface area (Å²) in [6.45, 7) is -2.35. The normalized spacial score (nSPS) is 21.5. The van der Waals surface area contributed by atoms with Crippen molar-refractivity contribution in [3.63, 3.8) is 0 Å². The molecule has 0 aliphatic heterocycles. The van der Waals surface area contributed by atoms with Crippen molar-refractivity contribution in [1.29, 1.82) is 0 Å². The number of rotatable bonds is 6. The summed E-state index contributed by atoms with van der Waals surface area (Å²) in [4.78, 5) is 12.1. The second-order valence-electron chi connectivity index (χ2n) is 5.26. The molecule has 0 bridgehead atoms. The maximum atomic E-state index is 12.3. The third-order valence-electron chi connectivity index (χ3n) is 3.85. The number of carbonyl (C=O) groups excluding carboxylic acids is 1. The molecule has 0 radical (unpaired) electrons. The van der Waals surface area contributed by atoms with Gasteiger partial charge in [0.2, 0.25) is 5.91 Å². The van der Waals surface area contributed by atoms with E-state index in [0.29, 0.717) is 18.0 Å². The minimum absolute atomic E-state index is 0.0245. The van der Waals surface area contributed by atoms with E-state index >= 15 is 0 Å². The van der Waals surface area contributed by atoms with Gasteiger partial charge >= 0.3 is 6.61 Å². The van der Waals surface area contributed by atoms with Crippen LogP contribution in [0.15, 0.2) is 24.3 Å². The molecule has 116 valence electrons. The summed E-state index contributed by atoms with van der Waals surface area (Å²) in [7, 11) is 0. The number of amides is 1. The van der Waals surface area contributed by atoms with E-state index in [4.69, 9.17) is 5.73 Å². The molecule has 2 rings (SSSR count). The number of para-hydroxylation sites is 1. The SMILES string of the molecule is NCC1CCCC1NC(=O)Cc1ccccc1OC(F)F. The molecule has 0 spiro atoms. The van der Waals surface area contributed by atoms with Crippen LogP contribution in [0.3, 0.4) is 0 Å². The van der Waals surface area contributed by atoms with Gasteiger partial charge < -0.3 is 15.8 Å². The molecule has 1 aliphatic carbocycles. The van der Waals surface area contributed by atoms with E-state index in [2.05, 4.69) is 10.1 Å². The molecule has 1 aromatic carbocycles. The van der Waals surface area contributed by atoms with Crippen LogP contribution in [-0.4, -0.2) is 25.1 Å². The fourth-order valence-corrected chi connectivity index (χ4v) is 2.80. The number of halogens is 2. The molecule has 4 nitrogen and oxygen atoms in total. The Bertz CT molecular complexity index is 482. The Labute approximate surface area is 122 Å². The van der Waals surface area contributed by atoms with E-state index in [1.165, 1.54) is 6.07 Å². The molecule has 2 atom stereocenters. The predicted octanol–water partition coefficient (Wildman–Crippen LogP) is 2.07. The lowest BCUT2D eigenvalue weighted by molar-refractivity contribution is -0.121. The summed E-state index contributed by atoms with van der Waals surface area (Å²) in [6, 6.07) is 6.43. The summed E-state index contributed by atoms with van der Waals surface area (Å²) < 4.78 is 29.1. The van der Waals surface area contributed by atoms with Crippen molar-refractivity contribution in [3.05, 3.63) is 29.8 Å². The van der Waals surface area contributed by atoms with Crippen LogP contribution in [0.1, 0.15) is 24.8 Å². The maximum absolute atomic E-state index is 12.3. The summed E-state index contributed by atoms with van der Waals surface area (Å²) in [5.41, 5.74) is 6.13. The molecular weight excluding hydrogens is 278 g/mol. The predicted molar refractivity (Wildman–Crippen MR) is 75.1 cm³/mol. The summed E-state index contributed by atoms with van der Waals surface area (Å²) in [5.74, 6) is 0.164. The summed E-state index contributed by atoms with van der Waals surface area (Å²) >= 11 is 0. The standard InChI is InChI=1S/C15H20F2N2O2/c16-15(17)21-13-7-2-1-4-10(13)8-14(20)19-12-6-3-5-11(12)9-18/h1-2,4,7,11-12,15H,3,5-6,8-9,18H2,(H,19,20). The number of benzene rings is 1. The Morgan fingerprint density at radius 3 is 2.86 bits per heavy atom. The minimum atomic E-state index is -2.90. The third-order valence-corrected chi connectivity index (χ3v) is 3.85. The molecule has 0 saturated heterocycles. The second-order valence-corrected chi connectivity index (χ2v) is 5.26. The average Bonchev–Trinajstić information content (AvgIpc) is 2.87. The van der Waals surface area contributed by atoms with Gasteiger partial charge in [0, 0.05) is 11.6 Å². The number of nitrogens with two attached hydrogens (primary N) is 1. The van der Waals surface area contributed by atoms with E-state index in [1.54, 1.807) is 18.2 Å². The molecule has 0 aromatic heterocycles. The molecule has 1 aliphatic rings. The quantitative estimate of drug-likeness (QED) is 0.845. The Hall–Kier alpha value is -1.69. The van der Waals surface area contributed by atoms with Gasteiger partial charge in [-0.1, -0.05) is 24.6 Å². The van der Waals surface area contributed by atoms with Gasteiger partial charge in [-0.2, -0.15) is 8.78 Å². The number of nitrogens with one attached hydrogen (secondary N) is 1. The lowest BCUT2D eigenvalue weighted by atomic mass is 10.0. The fourth-order valence-electron chi connectivity index (χ4n) is 2.80. The highest BCUT2D eigenvalue weighted by Crippen LogP contribution is 2.25. The third kappa shape index (κ3) is 4.39. The zero-order valence-corrected chi connectivity index (χ0v) is 11.7. The molecule has 3 N–H and O–H groups in total. The van der Waals surface area contributed by atoms with Crippen molar-refractivity contribution in [3.8, 4) is 5.75 Å². The van der Waals surface area contributed by atoms with E-state index < -0.39 is 6.61 Å². The van der Waals surface area contributed by atoms with Crippen LogP contribution < -0.4 is 15.8 Å². The van der Waals surface area contributed by atoms with Crippen LogP contribution in [-0.2, 0) is 11.2 Å². The maximum Gasteiger partial charge on any atom is 0.387 e. The van der Waals surface area contributed by atoms with Crippen molar-refractivity contribution < 1.29 is 18.3 Å². The van der Waals surface area contributed by atoms with Crippen molar-refractivity contribution in [2.24, 2.45) is 11.7 Å². The largest absolute Gasteiger partial charge is 0.435 e. The second kappa shape index (κ2) is 7.36. The Kier molecular flexibility index (Phi) is 5.50.